The minimum atomic E-state index is -0.0591. The molecule has 0 aliphatic heterocycles. The number of rotatable bonds is 8. The molecule has 3 aromatic rings. The molecule has 0 bridgehead atoms. The Morgan fingerprint density at radius 2 is 2.04 bits per heavy atom. The third kappa shape index (κ3) is 4.89. The number of aromatic nitrogens is 2. The molecule has 5 nitrogen and oxygen atoms in total. The molecular formula is C20H20BrClN2O3S. The van der Waals surface area contributed by atoms with Crippen LogP contribution < -0.4 is 10.3 Å². The monoisotopic (exact) mass is 482 g/mol. The van der Waals surface area contributed by atoms with Gasteiger partial charge in [0.25, 0.3) is 5.56 Å². The summed E-state index contributed by atoms with van der Waals surface area (Å²) in [6.45, 7) is 1.13. The quantitative estimate of drug-likeness (QED) is 0.252. The first-order valence-electron chi connectivity index (χ1n) is 8.67. The molecule has 0 aliphatic rings. The molecule has 0 unspecified atom stereocenters. The fraction of sp³-hybridized carbons (Fsp3) is 0.300. The summed E-state index contributed by atoms with van der Waals surface area (Å²) in [4.78, 5) is 17.7. The molecule has 3 rings (SSSR count). The van der Waals surface area contributed by atoms with Gasteiger partial charge in [-0.1, -0.05) is 29.4 Å². The molecule has 1 heterocycles. The molecule has 28 heavy (non-hydrogen) atoms. The number of benzene rings is 2. The lowest BCUT2D eigenvalue weighted by Gasteiger charge is -2.13. The minimum absolute atomic E-state index is 0.0591. The average Bonchev–Trinajstić information content (AvgIpc) is 2.68. The van der Waals surface area contributed by atoms with Gasteiger partial charge in [-0.15, -0.1) is 0 Å². The van der Waals surface area contributed by atoms with E-state index in [0.717, 1.165) is 22.2 Å². The average molecular weight is 484 g/mol. The van der Waals surface area contributed by atoms with Gasteiger partial charge in [-0.05, 0) is 58.2 Å². The number of hydrogen-bond donors (Lipinski definition) is 0. The van der Waals surface area contributed by atoms with E-state index in [-0.39, 0.29) is 5.56 Å². The Balaban J connectivity index is 1.94. The summed E-state index contributed by atoms with van der Waals surface area (Å²) in [6, 6.07) is 11.1. The minimum Gasteiger partial charge on any atom is -0.496 e. The van der Waals surface area contributed by atoms with E-state index in [2.05, 4.69) is 15.9 Å². The van der Waals surface area contributed by atoms with E-state index in [0.29, 0.717) is 40.0 Å². The molecule has 0 N–H and O–H groups in total. The van der Waals surface area contributed by atoms with Crippen LogP contribution in [0.1, 0.15) is 12.0 Å². The number of methoxy groups -OCH3 is 2. The first-order chi connectivity index (χ1) is 13.5. The lowest BCUT2D eigenvalue weighted by molar-refractivity contribution is 0.189. The van der Waals surface area contributed by atoms with Gasteiger partial charge in [0.15, 0.2) is 5.16 Å². The van der Waals surface area contributed by atoms with E-state index in [1.165, 1.54) is 11.8 Å². The lowest BCUT2D eigenvalue weighted by Crippen LogP contribution is -2.24. The fourth-order valence-corrected chi connectivity index (χ4v) is 4.52. The second-order valence-corrected chi connectivity index (χ2v) is 8.35. The fourth-order valence-electron chi connectivity index (χ4n) is 2.80. The van der Waals surface area contributed by atoms with Crippen molar-refractivity contribution < 1.29 is 9.47 Å². The summed E-state index contributed by atoms with van der Waals surface area (Å²) in [6.07, 6.45) is 0.735. The Morgan fingerprint density at radius 1 is 1.21 bits per heavy atom. The predicted molar refractivity (Wildman–Crippen MR) is 118 cm³/mol. The molecule has 0 saturated heterocycles. The van der Waals surface area contributed by atoms with Crippen LogP contribution in [0.25, 0.3) is 10.9 Å². The van der Waals surface area contributed by atoms with Gasteiger partial charge in [-0.3, -0.25) is 9.36 Å². The molecule has 0 saturated carbocycles. The maximum absolute atomic E-state index is 13.0. The first-order valence-corrected chi connectivity index (χ1v) is 10.8. The van der Waals surface area contributed by atoms with Crippen LogP contribution in [0.3, 0.4) is 0 Å². The molecule has 8 heteroatoms. The van der Waals surface area contributed by atoms with Crippen molar-refractivity contribution in [1.29, 1.82) is 0 Å². The van der Waals surface area contributed by atoms with Gasteiger partial charge in [-0.25, -0.2) is 4.98 Å². The number of hydrogen-bond acceptors (Lipinski definition) is 5. The van der Waals surface area contributed by atoms with Crippen LogP contribution in [0.4, 0.5) is 0 Å². The number of ether oxygens (including phenoxy) is 2. The second kappa shape index (κ2) is 9.78. The van der Waals surface area contributed by atoms with Crippen LogP contribution in [0, 0.1) is 0 Å². The summed E-state index contributed by atoms with van der Waals surface area (Å²) >= 11 is 11.1. The predicted octanol–water partition coefficient (Wildman–Crippen LogP) is 5.15. The highest BCUT2D eigenvalue weighted by Gasteiger charge is 2.13. The SMILES string of the molecule is COCCCn1c(SCc2ccc(OC)c(Br)c2)nc2cc(Cl)ccc2c1=O. The Labute approximate surface area is 181 Å². The van der Waals surface area contributed by atoms with E-state index in [9.17, 15) is 4.79 Å². The molecule has 1 aromatic heterocycles. The molecule has 0 spiro atoms. The second-order valence-electron chi connectivity index (χ2n) is 6.12. The van der Waals surface area contributed by atoms with Crippen molar-refractivity contribution in [3.8, 4) is 5.75 Å². The van der Waals surface area contributed by atoms with E-state index >= 15 is 0 Å². The zero-order chi connectivity index (χ0) is 20.1. The van der Waals surface area contributed by atoms with Gasteiger partial charge in [0, 0.05) is 31.0 Å². The van der Waals surface area contributed by atoms with Crippen molar-refractivity contribution in [1.82, 2.24) is 9.55 Å². The van der Waals surface area contributed by atoms with E-state index in [1.54, 1.807) is 37.0 Å². The Morgan fingerprint density at radius 3 is 2.75 bits per heavy atom. The molecular weight excluding hydrogens is 464 g/mol. The van der Waals surface area contributed by atoms with Gasteiger partial charge < -0.3 is 9.47 Å². The summed E-state index contributed by atoms with van der Waals surface area (Å²) in [5.41, 5.74) is 1.65. The third-order valence-electron chi connectivity index (χ3n) is 4.20. The summed E-state index contributed by atoms with van der Waals surface area (Å²) < 4.78 is 13.0. The van der Waals surface area contributed by atoms with Crippen molar-refractivity contribution in [3.63, 3.8) is 0 Å². The third-order valence-corrected chi connectivity index (χ3v) is 6.10. The highest BCUT2D eigenvalue weighted by Crippen LogP contribution is 2.29. The van der Waals surface area contributed by atoms with Gasteiger partial charge in [0.1, 0.15) is 5.75 Å². The lowest BCUT2D eigenvalue weighted by atomic mass is 10.2. The Bertz CT molecular complexity index is 1040. The zero-order valence-corrected chi connectivity index (χ0v) is 18.7. The van der Waals surface area contributed by atoms with Crippen LogP contribution >= 0.6 is 39.3 Å². The van der Waals surface area contributed by atoms with Crippen molar-refractivity contribution in [2.75, 3.05) is 20.8 Å². The van der Waals surface area contributed by atoms with Crippen molar-refractivity contribution in [3.05, 3.63) is 61.8 Å². The Hall–Kier alpha value is -1.54. The topological polar surface area (TPSA) is 53.4 Å². The van der Waals surface area contributed by atoms with E-state index in [1.807, 2.05) is 18.2 Å². The van der Waals surface area contributed by atoms with E-state index < -0.39 is 0 Å². The summed E-state index contributed by atoms with van der Waals surface area (Å²) in [5, 5.41) is 1.80. The first kappa shape index (κ1) is 21.2. The van der Waals surface area contributed by atoms with Crippen LogP contribution in [0.15, 0.2) is 50.8 Å². The zero-order valence-electron chi connectivity index (χ0n) is 15.6. The smallest absolute Gasteiger partial charge is 0.262 e. The van der Waals surface area contributed by atoms with Crippen LogP contribution in [0.5, 0.6) is 5.75 Å². The number of halogens is 2. The van der Waals surface area contributed by atoms with Crippen molar-refractivity contribution >= 4 is 50.2 Å². The summed E-state index contributed by atoms with van der Waals surface area (Å²) in [5.74, 6) is 1.45. The molecule has 2 aromatic carbocycles. The normalized spacial score (nSPS) is 11.1. The van der Waals surface area contributed by atoms with Crippen LogP contribution in [0.2, 0.25) is 5.02 Å². The van der Waals surface area contributed by atoms with Crippen LogP contribution in [-0.2, 0) is 17.0 Å². The Kier molecular flexibility index (Phi) is 7.40. The molecule has 0 atom stereocenters. The number of nitrogens with zero attached hydrogens (tertiary/aromatic N) is 2. The van der Waals surface area contributed by atoms with Gasteiger partial charge >= 0.3 is 0 Å². The van der Waals surface area contributed by atoms with Crippen molar-refractivity contribution in [2.45, 2.75) is 23.9 Å². The standard InChI is InChI=1S/C20H20BrClN2O3S/c1-26-9-3-8-24-19(25)15-6-5-14(22)11-17(15)23-20(24)28-12-13-4-7-18(27-2)16(21)10-13/h4-7,10-11H,3,8-9,12H2,1-2H3. The molecule has 0 aliphatic carbocycles. The number of fused-ring (bicyclic) bond motifs is 1. The number of thioether (sulfide) groups is 1. The largest absolute Gasteiger partial charge is 0.496 e. The van der Waals surface area contributed by atoms with E-state index in [4.69, 9.17) is 26.1 Å². The highest BCUT2D eigenvalue weighted by atomic mass is 79.9. The molecule has 0 amide bonds. The molecule has 0 radical (unpaired) electrons. The van der Waals surface area contributed by atoms with Crippen molar-refractivity contribution in [2.24, 2.45) is 0 Å². The highest BCUT2D eigenvalue weighted by molar-refractivity contribution is 9.10. The maximum Gasteiger partial charge on any atom is 0.262 e. The molecule has 0 fully saturated rings. The van der Waals surface area contributed by atoms with Gasteiger partial charge in [-0.2, -0.15) is 0 Å². The van der Waals surface area contributed by atoms with Crippen LogP contribution in [-0.4, -0.2) is 30.4 Å². The van der Waals surface area contributed by atoms with Gasteiger partial charge in [0.05, 0.1) is 22.5 Å². The van der Waals surface area contributed by atoms with Gasteiger partial charge in [0.2, 0.25) is 0 Å². The molecule has 148 valence electrons. The maximum atomic E-state index is 13.0. The summed E-state index contributed by atoms with van der Waals surface area (Å²) in [7, 11) is 3.29.